The fraction of sp³-hybridized carbons (Fsp3) is 0.467. The van der Waals surface area contributed by atoms with Gasteiger partial charge in [-0.3, -0.25) is 4.79 Å². The largest absolute Gasteiger partial charge is 0.356 e. The van der Waals surface area contributed by atoms with Gasteiger partial charge < -0.3 is 10.2 Å². The summed E-state index contributed by atoms with van der Waals surface area (Å²) in [6.45, 7) is 6.51. The lowest BCUT2D eigenvalue weighted by atomic mass is 10.0. The molecule has 1 aliphatic heterocycles. The first-order valence-electron chi connectivity index (χ1n) is 7.07. The minimum Gasteiger partial charge on any atom is -0.356 e. The lowest BCUT2D eigenvalue weighted by Crippen LogP contribution is -2.53. The number of amides is 1. The van der Waals surface area contributed by atoms with Crippen LogP contribution in [0, 0.1) is 12.8 Å². The van der Waals surface area contributed by atoms with Crippen LogP contribution in [-0.4, -0.2) is 30.5 Å². The Kier molecular flexibility index (Phi) is 3.61. The fourth-order valence-electron chi connectivity index (χ4n) is 2.35. The molecule has 2 heterocycles. The maximum atomic E-state index is 11.8. The van der Waals surface area contributed by atoms with E-state index in [4.69, 9.17) is 0 Å². The zero-order chi connectivity index (χ0) is 14.1. The van der Waals surface area contributed by atoms with Crippen LogP contribution >= 0.6 is 11.3 Å². The van der Waals surface area contributed by atoms with E-state index >= 15 is 0 Å². The van der Waals surface area contributed by atoms with Gasteiger partial charge in [-0.15, -0.1) is 0 Å². The maximum Gasteiger partial charge on any atom is 0.226 e. The van der Waals surface area contributed by atoms with Crippen LogP contribution in [-0.2, 0) is 4.79 Å². The summed E-state index contributed by atoms with van der Waals surface area (Å²) in [5.74, 6) is 0.301. The van der Waals surface area contributed by atoms with E-state index in [0.717, 1.165) is 36.7 Å². The highest BCUT2D eigenvalue weighted by Crippen LogP contribution is 2.33. The third-order valence-electron chi connectivity index (χ3n) is 3.60. The second-order valence-electron chi connectivity index (χ2n) is 5.36. The third-order valence-corrected chi connectivity index (χ3v) is 4.68. The van der Waals surface area contributed by atoms with Crippen molar-refractivity contribution in [2.45, 2.75) is 20.3 Å². The Morgan fingerprint density at radius 2 is 2.30 bits per heavy atom. The van der Waals surface area contributed by atoms with Gasteiger partial charge >= 0.3 is 0 Å². The molecule has 0 spiro atoms. The highest BCUT2D eigenvalue weighted by molar-refractivity contribution is 7.22. The molecule has 1 aliphatic rings. The molecular formula is C15H19N3OS. The van der Waals surface area contributed by atoms with Crippen LogP contribution in [0.3, 0.4) is 0 Å². The van der Waals surface area contributed by atoms with Crippen LogP contribution in [0.15, 0.2) is 18.2 Å². The van der Waals surface area contributed by atoms with Crippen molar-refractivity contribution in [3.63, 3.8) is 0 Å². The van der Waals surface area contributed by atoms with Gasteiger partial charge in [-0.2, -0.15) is 0 Å². The molecule has 1 fully saturated rings. The van der Waals surface area contributed by atoms with Crippen molar-refractivity contribution < 1.29 is 4.79 Å². The molecular weight excluding hydrogens is 270 g/mol. The van der Waals surface area contributed by atoms with E-state index in [2.05, 4.69) is 47.2 Å². The molecule has 1 amide bonds. The van der Waals surface area contributed by atoms with E-state index in [1.165, 1.54) is 10.3 Å². The van der Waals surface area contributed by atoms with Gasteiger partial charge in [-0.1, -0.05) is 24.3 Å². The molecule has 0 radical (unpaired) electrons. The number of carbonyl (C=O) groups is 1. The summed E-state index contributed by atoms with van der Waals surface area (Å²) in [6, 6.07) is 6.32. The van der Waals surface area contributed by atoms with Crippen molar-refractivity contribution in [3.8, 4) is 0 Å². The van der Waals surface area contributed by atoms with E-state index < -0.39 is 0 Å². The molecule has 3 rings (SSSR count). The molecule has 1 aromatic heterocycles. The Morgan fingerprint density at radius 1 is 1.50 bits per heavy atom. The van der Waals surface area contributed by atoms with E-state index in [1.807, 2.05) is 0 Å². The maximum absolute atomic E-state index is 11.8. The third kappa shape index (κ3) is 2.50. The molecule has 0 unspecified atom stereocenters. The van der Waals surface area contributed by atoms with E-state index in [0.29, 0.717) is 0 Å². The summed E-state index contributed by atoms with van der Waals surface area (Å²) in [6.07, 6.45) is 0.986. The van der Waals surface area contributed by atoms with Crippen molar-refractivity contribution in [2.75, 3.05) is 24.5 Å². The second-order valence-corrected chi connectivity index (χ2v) is 6.37. The number of rotatable bonds is 4. The number of aryl methyl sites for hydroxylation is 1. The molecule has 1 aromatic carbocycles. The van der Waals surface area contributed by atoms with Gasteiger partial charge in [0.2, 0.25) is 5.91 Å². The summed E-state index contributed by atoms with van der Waals surface area (Å²) < 4.78 is 1.22. The molecule has 20 heavy (non-hydrogen) atoms. The minimum absolute atomic E-state index is 0.121. The lowest BCUT2D eigenvalue weighted by Gasteiger charge is -2.37. The van der Waals surface area contributed by atoms with Gasteiger partial charge in [0.25, 0.3) is 0 Å². The van der Waals surface area contributed by atoms with Gasteiger partial charge in [-0.05, 0) is 31.0 Å². The summed E-state index contributed by atoms with van der Waals surface area (Å²) in [5, 5.41) is 3.99. The van der Waals surface area contributed by atoms with E-state index in [1.54, 1.807) is 11.3 Å². The van der Waals surface area contributed by atoms with Crippen LogP contribution in [0.1, 0.15) is 18.9 Å². The van der Waals surface area contributed by atoms with Crippen molar-refractivity contribution in [3.05, 3.63) is 23.8 Å². The summed E-state index contributed by atoms with van der Waals surface area (Å²) in [7, 11) is 0. The number of fused-ring (bicyclic) bond motifs is 1. The first-order valence-corrected chi connectivity index (χ1v) is 7.89. The lowest BCUT2D eigenvalue weighted by molar-refractivity contribution is -0.125. The molecule has 4 nitrogen and oxygen atoms in total. The highest BCUT2D eigenvalue weighted by Gasteiger charge is 2.34. The molecule has 106 valence electrons. The smallest absolute Gasteiger partial charge is 0.226 e. The SMILES string of the molecule is CCCNC(=O)C1CN(c2nc3ccc(C)cc3s2)C1. The Bertz CT molecular complexity index is 631. The van der Waals surface area contributed by atoms with Crippen molar-refractivity contribution in [1.29, 1.82) is 0 Å². The zero-order valence-electron chi connectivity index (χ0n) is 11.8. The van der Waals surface area contributed by atoms with Crippen molar-refractivity contribution >= 4 is 32.6 Å². The van der Waals surface area contributed by atoms with Crippen molar-refractivity contribution in [2.24, 2.45) is 5.92 Å². The number of hydrogen-bond donors (Lipinski definition) is 1. The molecule has 0 aliphatic carbocycles. The molecule has 5 heteroatoms. The molecule has 1 N–H and O–H groups in total. The zero-order valence-corrected chi connectivity index (χ0v) is 12.7. The number of aromatic nitrogens is 1. The Labute approximate surface area is 122 Å². The molecule has 0 saturated carbocycles. The predicted molar refractivity (Wildman–Crippen MR) is 83.4 cm³/mol. The molecule has 0 atom stereocenters. The van der Waals surface area contributed by atoms with Gasteiger partial charge in [0, 0.05) is 19.6 Å². The van der Waals surface area contributed by atoms with Gasteiger partial charge in [0.05, 0.1) is 16.1 Å². The van der Waals surface area contributed by atoms with Crippen LogP contribution in [0.5, 0.6) is 0 Å². The Balaban J connectivity index is 1.65. The number of anilines is 1. The molecule has 2 aromatic rings. The molecule has 1 saturated heterocycles. The number of carbonyl (C=O) groups excluding carboxylic acids is 1. The quantitative estimate of drug-likeness (QED) is 0.941. The average molecular weight is 289 g/mol. The summed E-state index contributed by atoms with van der Waals surface area (Å²) >= 11 is 1.71. The Morgan fingerprint density at radius 3 is 3.05 bits per heavy atom. The first kappa shape index (κ1) is 13.4. The minimum atomic E-state index is 0.121. The number of nitrogens with one attached hydrogen (secondary N) is 1. The average Bonchev–Trinajstić information content (AvgIpc) is 2.76. The van der Waals surface area contributed by atoms with Gasteiger partial charge in [-0.25, -0.2) is 4.98 Å². The predicted octanol–water partition coefficient (Wildman–Crippen LogP) is 2.57. The summed E-state index contributed by atoms with van der Waals surface area (Å²) in [4.78, 5) is 18.7. The number of hydrogen-bond acceptors (Lipinski definition) is 4. The standard InChI is InChI=1S/C15H19N3OS/c1-3-6-16-14(19)11-8-18(9-11)15-17-12-5-4-10(2)7-13(12)20-15/h4-5,7,11H,3,6,8-9H2,1-2H3,(H,16,19). The Hall–Kier alpha value is -1.62. The van der Waals surface area contributed by atoms with Crippen LogP contribution in [0.2, 0.25) is 0 Å². The van der Waals surface area contributed by atoms with Crippen LogP contribution in [0.4, 0.5) is 5.13 Å². The van der Waals surface area contributed by atoms with Gasteiger partial charge in [0.1, 0.15) is 0 Å². The molecule has 0 bridgehead atoms. The van der Waals surface area contributed by atoms with E-state index in [-0.39, 0.29) is 11.8 Å². The monoisotopic (exact) mass is 289 g/mol. The van der Waals surface area contributed by atoms with E-state index in [9.17, 15) is 4.79 Å². The van der Waals surface area contributed by atoms with Crippen LogP contribution < -0.4 is 10.2 Å². The normalized spacial score (nSPS) is 15.4. The van der Waals surface area contributed by atoms with Crippen LogP contribution in [0.25, 0.3) is 10.2 Å². The number of nitrogens with zero attached hydrogens (tertiary/aromatic N) is 2. The fourth-order valence-corrected chi connectivity index (χ4v) is 3.43. The topological polar surface area (TPSA) is 45.2 Å². The second kappa shape index (κ2) is 5.40. The number of benzene rings is 1. The van der Waals surface area contributed by atoms with Crippen molar-refractivity contribution in [1.82, 2.24) is 10.3 Å². The number of thiazole rings is 1. The first-order chi connectivity index (χ1) is 9.67. The summed E-state index contributed by atoms with van der Waals surface area (Å²) in [5.41, 5.74) is 2.31. The highest BCUT2D eigenvalue weighted by atomic mass is 32.1. The van der Waals surface area contributed by atoms with Gasteiger partial charge in [0.15, 0.2) is 5.13 Å².